The van der Waals surface area contributed by atoms with Gasteiger partial charge in [-0.15, -0.1) is 0 Å². The number of rotatable bonds is 1. The van der Waals surface area contributed by atoms with Gasteiger partial charge in [-0.25, -0.2) is 0 Å². The molecule has 1 aromatic carbocycles. The third kappa shape index (κ3) is 2.31. The number of benzene rings is 1. The number of amides is 1. The first-order chi connectivity index (χ1) is 10.4. The highest BCUT2D eigenvalue weighted by Gasteiger charge is 2.29. The summed E-state index contributed by atoms with van der Waals surface area (Å²) in [4.78, 5) is 18.1. The molecule has 0 spiro atoms. The number of likely N-dealkylation sites (tertiary alicyclic amines) is 1. The van der Waals surface area contributed by atoms with Crippen molar-refractivity contribution in [3.05, 3.63) is 34.5 Å². The summed E-state index contributed by atoms with van der Waals surface area (Å²) in [6, 6.07) is 4.19. The Bertz CT molecular complexity index is 732. The van der Waals surface area contributed by atoms with E-state index in [1.807, 2.05) is 18.7 Å². The number of hydrogen-bond donors (Lipinski definition) is 2. The van der Waals surface area contributed by atoms with E-state index >= 15 is 0 Å². The van der Waals surface area contributed by atoms with E-state index in [2.05, 4.69) is 31.0 Å². The molecule has 4 nitrogen and oxygen atoms in total. The first-order valence-electron chi connectivity index (χ1n) is 7.96. The van der Waals surface area contributed by atoms with Crippen molar-refractivity contribution in [2.75, 3.05) is 13.1 Å². The zero-order chi connectivity index (χ0) is 16.0. The first-order valence-corrected chi connectivity index (χ1v) is 7.96. The van der Waals surface area contributed by atoms with Gasteiger partial charge in [0.15, 0.2) is 0 Å². The third-order valence-electron chi connectivity index (χ3n) is 4.98. The van der Waals surface area contributed by atoms with E-state index in [-0.39, 0.29) is 17.9 Å². The molecule has 118 valence electrons. The molecule has 1 amide bonds. The lowest BCUT2D eigenvalue weighted by molar-refractivity contribution is 0.0294. The van der Waals surface area contributed by atoms with Crippen LogP contribution in [0.3, 0.4) is 0 Å². The van der Waals surface area contributed by atoms with Crippen molar-refractivity contribution in [3.8, 4) is 0 Å². The molecule has 2 heterocycles. The van der Waals surface area contributed by atoms with E-state index in [0.717, 1.165) is 22.0 Å². The van der Waals surface area contributed by atoms with Crippen LogP contribution in [-0.4, -0.2) is 40.1 Å². The third-order valence-corrected chi connectivity index (χ3v) is 4.98. The van der Waals surface area contributed by atoms with Crippen LogP contribution in [0.5, 0.6) is 0 Å². The molecule has 2 atom stereocenters. The van der Waals surface area contributed by atoms with Gasteiger partial charge in [-0.1, -0.05) is 19.1 Å². The van der Waals surface area contributed by atoms with E-state index in [1.54, 1.807) is 0 Å². The number of carbonyl (C=O) groups excluding carboxylic acids is 1. The van der Waals surface area contributed by atoms with Crippen LogP contribution >= 0.6 is 0 Å². The molecular formula is C18H24N2O2. The number of nitrogens with one attached hydrogen (secondary N) is 1. The number of carbonyl (C=O) groups is 1. The molecule has 2 N–H and O–H groups in total. The van der Waals surface area contributed by atoms with Crippen LogP contribution in [-0.2, 0) is 0 Å². The predicted octanol–water partition coefficient (Wildman–Crippen LogP) is 2.94. The highest BCUT2D eigenvalue weighted by molar-refractivity contribution is 6.02. The van der Waals surface area contributed by atoms with Gasteiger partial charge in [0, 0.05) is 24.0 Å². The average molecular weight is 300 g/mol. The van der Waals surface area contributed by atoms with E-state index in [4.69, 9.17) is 0 Å². The second-order valence-corrected chi connectivity index (χ2v) is 6.66. The van der Waals surface area contributed by atoms with Gasteiger partial charge in [0.1, 0.15) is 5.69 Å². The Balaban J connectivity index is 2.00. The van der Waals surface area contributed by atoms with Gasteiger partial charge in [-0.3, -0.25) is 4.79 Å². The van der Waals surface area contributed by atoms with Gasteiger partial charge in [0.2, 0.25) is 0 Å². The maximum Gasteiger partial charge on any atom is 0.270 e. The summed E-state index contributed by atoms with van der Waals surface area (Å²) < 4.78 is 0. The second kappa shape index (κ2) is 5.43. The number of nitrogens with zero attached hydrogens (tertiary/aromatic N) is 1. The summed E-state index contributed by atoms with van der Waals surface area (Å²) >= 11 is 0. The topological polar surface area (TPSA) is 56.3 Å². The maximum absolute atomic E-state index is 12.9. The Morgan fingerprint density at radius 1 is 1.27 bits per heavy atom. The Labute approximate surface area is 131 Å². The molecule has 0 bridgehead atoms. The molecule has 1 aliphatic heterocycles. The minimum atomic E-state index is -0.294. The van der Waals surface area contributed by atoms with Crippen molar-refractivity contribution >= 4 is 16.8 Å². The summed E-state index contributed by atoms with van der Waals surface area (Å²) in [5.74, 6) is 0.178. The molecule has 2 aromatic rings. The zero-order valence-corrected chi connectivity index (χ0v) is 13.7. The summed E-state index contributed by atoms with van der Waals surface area (Å²) in [7, 11) is 0. The molecule has 2 unspecified atom stereocenters. The van der Waals surface area contributed by atoms with Crippen LogP contribution in [0.1, 0.15) is 40.5 Å². The highest BCUT2D eigenvalue weighted by atomic mass is 16.3. The minimum absolute atomic E-state index is 0.0475. The quantitative estimate of drug-likeness (QED) is 0.851. The van der Waals surface area contributed by atoms with Gasteiger partial charge in [-0.2, -0.15) is 0 Å². The van der Waals surface area contributed by atoms with Crippen LogP contribution in [0.15, 0.2) is 12.1 Å². The number of aromatic nitrogens is 1. The summed E-state index contributed by atoms with van der Waals surface area (Å²) in [6.45, 7) is 9.39. The van der Waals surface area contributed by atoms with Crippen LogP contribution in [0.4, 0.5) is 0 Å². The van der Waals surface area contributed by atoms with E-state index in [0.29, 0.717) is 25.2 Å². The fraction of sp³-hybridized carbons (Fsp3) is 0.500. The summed E-state index contributed by atoms with van der Waals surface area (Å²) in [5, 5.41) is 11.0. The summed E-state index contributed by atoms with van der Waals surface area (Å²) in [6.07, 6.45) is 0.363. The molecule has 1 saturated heterocycles. The molecular weight excluding hydrogens is 276 g/mol. The van der Waals surface area contributed by atoms with E-state index < -0.39 is 0 Å². The molecule has 1 fully saturated rings. The van der Waals surface area contributed by atoms with Crippen LogP contribution < -0.4 is 0 Å². The van der Waals surface area contributed by atoms with Crippen LogP contribution in [0.25, 0.3) is 10.9 Å². The highest BCUT2D eigenvalue weighted by Crippen LogP contribution is 2.29. The lowest BCUT2D eigenvalue weighted by atomic mass is 9.96. The van der Waals surface area contributed by atoms with Crippen molar-refractivity contribution < 1.29 is 9.90 Å². The molecule has 0 radical (unpaired) electrons. The van der Waals surface area contributed by atoms with Crippen molar-refractivity contribution in [2.45, 2.75) is 40.2 Å². The molecule has 0 aliphatic carbocycles. The largest absolute Gasteiger partial charge is 0.393 e. The number of aryl methyl sites for hydroxylation is 3. The smallest absolute Gasteiger partial charge is 0.270 e. The standard InChI is InChI=1S/C18H24N2O2/c1-10-5-6-11(2)16-15(10)13(4)17(19-16)18(22)20-8-7-14(21)12(3)9-20/h5-6,12,14,19,21H,7-9H2,1-4H3. The van der Waals surface area contributed by atoms with E-state index in [9.17, 15) is 9.90 Å². The second-order valence-electron chi connectivity index (χ2n) is 6.66. The number of piperidine rings is 1. The van der Waals surface area contributed by atoms with Crippen molar-refractivity contribution in [1.82, 2.24) is 9.88 Å². The van der Waals surface area contributed by atoms with Crippen molar-refractivity contribution in [1.29, 1.82) is 0 Å². The SMILES string of the molecule is Cc1ccc(C)c2c(C)c(C(=O)N3CCC(O)C(C)C3)[nH]c12. The van der Waals surface area contributed by atoms with Crippen LogP contribution in [0, 0.1) is 26.7 Å². The summed E-state index contributed by atoms with van der Waals surface area (Å²) in [5.41, 5.74) is 5.13. The van der Waals surface area contributed by atoms with Crippen molar-refractivity contribution in [2.24, 2.45) is 5.92 Å². The maximum atomic E-state index is 12.9. The molecule has 0 saturated carbocycles. The Morgan fingerprint density at radius 2 is 1.95 bits per heavy atom. The van der Waals surface area contributed by atoms with E-state index in [1.165, 1.54) is 5.56 Å². The number of aliphatic hydroxyl groups excluding tert-OH is 1. The Hall–Kier alpha value is -1.81. The molecule has 22 heavy (non-hydrogen) atoms. The molecule has 1 aliphatic rings. The fourth-order valence-corrected chi connectivity index (χ4v) is 3.49. The van der Waals surface area contributed by atoms with Crippen LogP contribution in [0.2, 0.25) is 0 Å². The van der Waals surface area contributed by atoms with Gasteiger partial charge < -0.3 is 15.0 Å². The molecule has 1 aromatic heterocycles. The monoisotopic (exact) mass is 300 g/mol. The number of aromatic amines is 1. The molecule has 3 rings (SSSR count). The van der Waals surface area contributed by atoms with Gasteiger partial charge >= 0.3 is 0 Å². The first kappa shape index (κ1) is 15.1. The lowest BCUT2D eigenvalue weighted by Gasteiger charge is -2.34. The van der Waals surface area contributed by atoms with Gasteiger partial charge in [0.05, 0.1) is 6.10 Å². The Morgan fingerprint density at radius 3 is 2.59 bits per heavy atom. The predicted molar refractivity (Wildman–Crippen MR) is 88.2 cm³/mol. The number of aliphatic hydroxyl groups is 1. The number of fused-ring (bicyclic) bond motifs is 1. The average Bonchev–Trinajstić information content (AvgIpc) is 2.84. The number of H-pyrrole nitrogens is 1. The normalized spacial score (nSPS) is 22.3. The van der Waals surface area contributed by atoms with Crippen molar-refractivity contribution in [3.63, 3.8) is 0 Å². The Kier molecular flexibility index (Phi) is 3.73. The van der Waals surface area contributed by atoms with Gasteiger partial charge in [0.25, 0.3) is 5.91 Å². The minimum Gasteiger partial charge on any atom is -0.393 e. The van der Waals surface area contributed by atoms with Gasteiger partial charge in [-0.05, 0) is 49.8 Å². The molecule has 4 heteroatoms. The lowest BCUT2D eigenvalue weighted by Crippen LogP contribution is -2.45. The zero-order valence-electron chi connectivity index (χ0n) is 13.7. The number of hydrogen-bond acceptors (Lipinski definition) is 2. The fourth-order valence-electron chi connectivity index (χ4n) is 3.49.